The molecular formula is C17H22N4O. The second-order valence-corrected chi connectivity index (χ2v) is 5.90. The van der Waals surface area contributed by atoms with Gasteiger partial charge in [-0.05, 0) is 24.1 Å². The van der Waals surface area contributed by atoms with Crippen LogP contribution in [-0.2, 0) is 0 Å². The van der Waals surface area contributed by atoms with Gasteiger partial charge in [-0.2, -0.15) is 0 Å². The van der Waals surface area contributed by atoms with E-state index in [1.807, 2.05) is 32.0 Å². The van der Waals surface area contributed by atoms with Crippen molar-refractivity contribution >= 4 is 5.91 Å². The van der Waals surface area contributed by atoms with E-state index in [0.717, 1.165) is 5.69 Å². The molecule has 0 radical (unpaired) electrons. The van der Waals surface area contributed by atoms with Crippen LogP contribution in [0, 0.1) is 5.92 Å². The first-order valence-corrected chi connectivity index (χ1v) is 7.53. The molecular weight excluding hydrogens is 276 g/mol. The van der Waals surface area contributed by atoms with Crippen LogP contribution in [0.2, 0.25) is 0 Å². The molecule has 0 spiro atoms. The molecule has 2 aromatic rings. The van der Waals surface area contributed by atoms with Crippen molar-refractivity contribution in [1.82, 2.24) is 20.3 Å². The maximum atomic E-state index is 12.5. The third-order valence-corrected chi connectivity index (χ3v) is 3.38. The van der Waals surface area contributed by atoms with Gasteiger partial charge in [-0.25, -0.2) is 9.97 Å². The van der Waals surface area contributed by atoms with Crippen molar-refractivity contribution in [3.63, 3.8) is 0 Å². The highest BCUT2D eigenvalue weighted by Crippen LogP contribution is 2.20. The van der Waals surface area contributed by atoms with Crippen LogP contribution in [0.25, 0.3) is 0 Å². The Bertz CT molecular complexity index is 626. The Balaban J connectivity index is 2.20. The van der Waals surface area contributed by atoms with Gasteiger partial charge in [0.1, 0.15) is 11.5 Å². The molecule has 0 aliphatic rings. The van der Waals surface area contributed by atoms with E-state index >= 15 is 0 Å². The van der Waals surface area contributed by atoms with Crippen molar-refractivity contribution in [2.45, 2.75) is 39.7 Å². The Kier molecular flexibility index (Phi) is 5.20. The zero-order valence-electron chi connectivity index (χ0n) is 13.4. The average Bonchev–Trinajstić information content (AvgIpc) is 2.53. The summed E-state index contributed by atoms with van der Waals surface area (Å²) in [4.78, 5) is 25.3. The summed E-state index contributed by atoms with van der Waals surface area (Å²) in [6.45, 7) is 8.11. The normalized spacial score (nSPS) is 12.5. The lowest BCUT2D eigenvalue weighted by molar-refractivity contribution is 0.0918. The molecule has 1 atom stereocenters. The van der Waals surface area contributed by atoms with E-state index in [1.54, 1.807) is 18.5 Å². The number of aromatic nitrogens is 3. The summed E-state index contributed by atoms with van der Waals surface area (Å²) in [7, 11) is 0. The lowest BCUT2D eigenvalue weighted by Crippen LogP contribution is -2.33. The van der Waals surface area contributed by atoms with E-state index in [1.165, 1.54) is 0 Å². The van der Waals surface area contributed by atoms with Crippen LogP contribution in [0.5, 0.6) is 0 Å². The van der Waals surface area contributed by atoms with Crippen LogP contribution < -0.4 is 5.32 Å². The number of nitrogens with zero attached hydrogens (tertiary/aromatic N) is 3. The monoisotopic (exact) mass is 298 g/mol. The van der Waals surface area contributed by atoms with Gasteiger partial charge in [0.25, 0.3) is 5.91 Å². The number of amides is 1. The summed E-state index contributed by atoms with van der Waals surface area (Å²) < 4.78 is 0. The van der Waals surface area contributed by atoms with Gasteiger partial charge in [0.2, 0.25) is 0 Å². The first-order chi connectivity index (χ1) is 10.5. The third kappa shape index (κ3) is 3.87. The minimum atomic E-state index is -0.200. The quantitative estimate of drug-likeness (QED) is 0.921. The molecule has 116 valence electrons. The number of carbonyl (C=O) groups excluding carboxylic acids is 1. The second kappa shape index (κ2) is 7.11. The number of pyridine rings is 1. The fourth-order valence-electron chi connectivity index (χ4n) is 2.14. The van der Waals surface area contributed by atoms with Gasteiger partial charge in [0.05, 0.1) is 11.7 Å². The van der Waals surface area contributed by atoms with Crippen molar-refractivity contribution in [3.8, 4) is 0 Å². The molecule has 0 saturated carbocycles. The topological polar surface area (TPSA) is 67.8 Å². The Morgan fingerprint density at radius 2 is 1.82 bits per heavy atom. The van der Waals surface area contributed by atoms with Crippen molar-refractivity contribution < 1.29 is 4.79 Å². The highest BCUT2D eigenvalue weighted by Gasteiger charge is 2.21. The van der Waals surface area contributed by atoms with Crippen LogP contribution in [0.3, 0.4) is 0 Å². The first kappa shape index (κ1) is 16.1. The minimum Gasteiger partial charge on any atom is -0.342 e. The summed E-state index contributed by atoms with van der Waals surface area (Å²) in [5.41, 5.74) is 1.24. The molecule has 1 unspecified atom stereocenters. The van der Waals surface area contributed by atoms with E-state index in [-0.39, 0.29) is 23.8 Å². The summed E-state index contributed by atoms with van der Waals surface area (Å²) in [5.74, 6) is 0.884. The maximum absolute atomic E-state index is 12.5. The molecule has 5 nitrogen and oxygen atoms in total. The summed E-state index contributed by atoms with van der Waals surface area (Å²) in [5, 5.41) is 3.02. The smallest absolute Gasteiger partial charge is 0.270 e. The Hall–Kier alpha value is -2.30. The van der Waals surface area contributed by atoms with Crippen molar-refractivity contribution in [2.24, 2.45) is 5.92 Å². The van der Waals surface area contributed by atoms with E-state index in [2.05, 4.69) is 34.1 Å². The van der Waals surface area contributed by atoms with Crippen LogP contribution >= 0.6 is 0 Å². The van der Waals surface area contributed by atoms with Gasteiger partial charge >= 0.3 is 0 Å². The van der Waals surface area contributed by atoms with Gasteiger partial charge in [0, 0.05) is 18.3 Å². The molecule has 5 heteroatoms. The van der Waals surface area contributed by atoms with E-state index in [4.69, 9.17) is 0 Å². The van der Waals surface area contributed by atoms with E-state index in [9.17, 15) is 4.79 Å². The first-order valence-electron chi connectivity index (χ1n) is 7.53. The SMILES string of the molecule is CC(C)c1nccc(C(=O)NC(c2ccccn2)C(C)C)n1. The van der Waals surface area contributed by atoms with Crippen LogP contribution in [0.1, 0.15) is 61.7 Å². The molecule has 0 saturated heterocycles. The van der Waals surface area contributed by atoms with Crippen molar-refractivity contribution in [2.75, 3.05) is 0 Å². The fourth-order valence-corrected chi connectivity index (χ4v) is 2.14. The summed E-state index contributed by atoms with van der Waals surface area (Å²) >= 11 is 0. The molecule has 0 aliphatic heterocycles. The van der Waals surface area contributed by atoms with Crippen LogP contribution in [-0.4, -0.2) is 20.9 Å². The average molecular weight is 298 g/mol. The number of nitrogens with one attached hydrogen (secondary N) is 1. The van der Waals surface area contributed by atoms with Gasteiger partial charge in [0.15, 0.2) is 0 Å². The molecule has 22 heavy (non-hydrogen) atoms. The molecule has 2 rings (SSSR count). The van der Waals surface area contributed by atoms with Crippen LogP contribution in [0.4, 0.5) is 0 Å². The van der Waals surface area contributed by atoms with Gasteiger partial charge in [-0.3, -0.25) is 9.78 Å². The zero-order chi connectivity index (χ0) is 16.1. The zero-order valence-corrected chi connectivity index (χ0v) is 13.4. The number of hydrogen-bond acceptors (Lipinski definition) is 4. The van der Waals surface area contributed by atoms with Crippen LogP contribution in [0.15, 0.2) is 36.7 Å². The molecule has 0 fully saturated rings. The van der Waals surface area contributed by atoms with Gasteiger partial charge in [-0.1, -0.05) is 33.8 Å². The Morgan fingerprint density at radius 1 is 1.05 bits per heavy atom. The number of carbonyl (C=O) groups is 1. The highest BCUT2D eigenvalue weighted by molar-refractivity contribution is 5.92. The molecule has 1 N–H and O–H groups in total. The molecule has 2 aromatic heterocycles. The summed E-state index contributed by atoms with van der Waals surface area (Å²) in [6, 6.07) is 7.20. The lowest BCUT2D eigenvalue weighted by atomic mass is 10.00. The van der Waals surface area contributed by atoms with Crippen molar-refractivity contribution in [1.29, 1.82) is 0 Å². The second-order valence-electron chi connectivity index (χ2n) is 5.90. The third-order valence-electron chi connectivity index (χ3n) is 3.38. The lowest BCUT2D eigenvalue weighted by Gasteiger charge is -2.21. The van der Waals surface area contributed by atoms with E-state index in [0.29, 0.717) is 11.5 Å². The predicted molar refractivity (Wildman–Crippen MR) is 85.4 cm³/mol. The Morgan fingerprint density at radius 3 is 2.41 bits per heavy atom. The van der Waals surface area contributed by atoms with Gasteiger partial charge in [-0.15, -0.1) is 0 Å². The fraction of sp³-hybridized carbons (Fsp3) is 0.412. The molecule has 1 amide bonds. The molecule has 0 bridgehead atoms. The maximum Gasteiger partial charge on any atom is 0.270 e. The standard InChI is InChI=1S/C17H22N4O/c1-11(2)15(13-7-5-6-9-18-13)21-17(22)14-8-10-19-16(20-14)12(3)4/h5-12,15H,1-4H3,(H,21,22). The predicted octanol–water partition coefficient (Wildman–Crippen LogP) is 3.12. The summed E-state index contributed by atoms with van der Waals surface area (Å²) in [6.07, 6.45) is 3.36. The van der Waals surface area contributed by atoms with E-state index < -0.39 is 0 Å². The number of rotatable bonds is 5. The van der Waals surface area contributed by atoms with Crippen molar-refractivity contribution in [3.05, 3.63) is 53.9 Å². The molecule has 0 aliphatic carbocycles. The van der Waals surface area contributed by atoms with Gasteiger partial charge < -0.3 is 5.32 Å². The molecule has 2 heterocycles. The largest absolute Gasteiger partial charge is 0.342 e. The highest BCUT2D eigenvalue weighted by atomic mass is 16.1. The molecule has 0 aromatic carbocycles. The minimum absolute atomic E-state index is 0.147. The Labute approximate surface area is 131 Å². The number of hydrogen-bond donors (Lipinski definition) is 1.